The van der Waals surface area contributed by atoms with Gasteiger partial charge in [-0.3, -0.25) is 0 Å². The van der Waals surface area contributed by atoms with Gasteiger partial charge >= 0.3 is 0 Å². The van der Waals surface area contributed by atoms with Crippen molar-refractivity contribution >= 4 is 23.2 Å². The molecule has 0 amide bonds. The van der Waals surface area contributed by atoms with Crippen LogP contribution in [0, 0.1) is 0 Å². The van der Waals surface area contributed by atoms with Crippen LogP contribution in [0.5, 0.6) is 11.7 Å². The van der Waals surface area contributed by atoms with E-state index in [4.69, 9.17) is 14.9 Å². The van der Waals surface area contributed by atoms with Crippen molar-refractivity contribution in [2.24, 2.45) is 5.73 Å². The molecule has 3 nitrogen and oxygen atoms in total. The second kappa shape index (κ2) is 5.78. The largest absolute Gasteiger partial charge is 0.429 e. The molecule has 0 fully saturated rings. The van der Waals surface area contributed by atoms with Gasteiger partial charge in [-0.05, 0) is 29.0 Å². The maximum atomic E-state index is 5.65. The van der Waals surface area contributed by atoms with E-state index in [2.05, 4.69) is 12.1 Å². The van der Waals surface area contributed by atoms with Gasteiger partial charge in [-0.25, -0.2) is 0 Å². The van der Waals surface area contributed by atoms with Gasteiger partial charge in [0.15, 0.2) is 0 Å². The summed E-state index contributed by atoms with van der Waals surface area (Å²) < 4.78 is 11.0. The topological polar surface area (TPSA) is 48.4 Å². The zero-order chi connectivity index (χ0) is 12.4. The molecule has 2 aromatic carbocycles. The molecule has 0 aliphatic carbocycles. The summed E-state index contributed by atoms with van der Waals surface area (Å²) in [5.41, 5.74) is 5.48. The van der Waals surface area contributed by atoms with Gasteiger partial charge in [0, 0.05) is 6.07 Å². The number of fused-ring (bicyclic) bond motifs is 1. The first-order valence-corrected chi connectivity index (χ1v) is 5.80. The zero-order valence-electron chi connectivity index (χ0n) is 10.2. The van der Waals surface area contributed by atoms with Crippen LogP contribution in [0.25, 0.3) is 10.8 Å². The summed E-state index contributed by atoms with van der Waals surface area (Å²) in [6.45, 7) is 0.376. The van der Waals surface area contributed by atoms with Crippen LogP contribution in [0.4, 0.5) is 0 Å². The molecular formula is C15H14ClNO2. The first-order valence-electron chi connectivity index (χ1n) is 5.80. The molecule has 0 saturated carbocycles. The zero-order valence-corrected chi connectivity index (χ0v) is 11.0. The highest BCUT2D eigenvalue weighted by molar-refractivity contribution is 5.85. The lowest BCUT2D eigenvalue weighted by molar-refractivity contribution is 0.333. The third-order valence-corrected chi connectivity index (χ3v) is 2.78. The Kier molecular flexibility index (Phi) is 4.10. The van der Waals surface area contributed by atoms with Gasteiger partial charge < -0.3 is 14.9 Å². The number of hydrogen-bond donors (Lipinski definition) is 1. The van der Waals surface area contributed by atoms with E-state index in [1.54, 1.807) is 6.07 Å². The van der Waals surface area contributed by atoms with Gasteiger partial charge in [0.1, 0.15) is 11.5 Å². The van der Waals surface area contributed by atoms with Crippen molar-refractivity contribution < 1.29 is 9.15 Å². The number of ether oxygens (including phenoxy) is 1. The van der Waals surface area contributed by atoms with Crippen LogP contribution in [0.1, 0.15) is 5.76 Å². The summed E-state index contributed by atoms with van der Waals surface area (Å²) in [7, 11) is 0. The molecule has 19 heavy (non-hydrogen) atoms. The van der Waals surface area contributed by atoms with E-state index in [-0.39, 0.29) is 12.4 Å². The number of hydrogen-bond acceptors (Lipinski definition) is 3. The van der Waals surface area contributed by atoms with E-state index < -0.39 is 0 Å². The smallest absolute Gasteiger partial charge is 0.290 e. The van der Waals surface area contributed by atoms with Crippen LogP contribution < -0.4 is 10.5 Å². The summed E-state index contributed by atoms with van der Waals surface area (Å²) in [6, 6.07) is 17.7. The van der Waals surface area contributed by atoms with Crippen LogP contribution >= 0.6 is 12.4 Å². The molecule has 0 atom stereocenters. The lowest BCUT2D eigenvalue weighted by Gasteiger charge is -2.03. The lowest BCUT2D eigenvalue weighted by atomic mass is 10.1. The standard InChI is InChI=1S/C15H13NO2.ClH/c16-10-14-7-8-15(18-14)17-13-6-5-11-3-1-2-4-12(11)9-13;/h1-9H,10,16H2;1H. The molecule has 1 heterocycles. The molecule has 3 rings (SSSR count). The average Bonchev–Trinajstić information content (AvgIpc) is 2.86. The third kappa shape index (κ3) is 2.89. The van der Waals surface area contributed by atoms with Gasteiger partial charge in [0.2, 0.25) is 0 Å². The van der Waals surface area contributed by atoms with Gasteiger partial charge in [-0.2, -0.15) is 0 Å². The van der Waals surface area contributed by atoms with E-state index >= 15 is 0 Å². The fourth-order valence-electron chi connectivity index (χ4n) is 1.87. The van der Waals surface area contributed by atoms with Crippen LogP contribution in [-0.2, 0) is 6.54 Å². The molecule has 0 radical (unpaired) electrons. The number of halogens is 1. The number of benzene rings is 2. The average molecular weight is 276 g/mol. The molecule has 0 bridgehead atoms. The minimum absolute atomic E-state index is 0. The van der Waals surface area contributed by atoms with Crippen molar-refractivity contribution in [3.63, 3.8) is 0 Å². The molecule has 0 spiro atoms. The van der Waals surface area contributed by atoms with E-state index in [0.29, 0.717) is 18.3 Å². The predicted octanol–water partition coefficient (Wildman–Crippen LogP) is 4.11. The van der Waals surface area contributed by atoms with Crippen LogP contribution in [0.3, 0.4) is 0 Å². The molecular weight excluding hydrogens is 262 g/mol. The minimum atomic E-state index is 0. The molecule has 0 saturated heterocycles. The Hall–Kier alpha value is -1.97. The fourth-order valence-corrected chi connectivity index (χ4v) is 1.87. The Morgan fingerprint density at radius 3 is 2.47 bits per heavy atom. The second-order valence-corrected chi connectivity index (χ2v) is 4.04. The summed E-state index contributed by atoms with van der Waals surface area (Å²) in [4.78, 5) is 0. The first-order chi connectivity index (χ1) is 8.85. The van der Waals surface area contributed by atoms with Crippen molar-refractivity contribution in [2.75, 3.05) is 0 Å². The number of rotatable bonds is 3. The van der Waals surface area contributed by atoms with Crippen molar-refractivity contribution in [1.29, 1.82) is 0 Å². The maximum absolute atomic E-state index is 5.65. The summed E-state index contributed by atoms with van der Waals surface area (Å²) in [5, 5.41) is 2.33. The summed E-state index contributed by atoms with van der Waals surface area (Å²) >= 11 is 0. The summed E-state index contributed by atoms with van der Waals surface area (Å²) in [5.74, 6) is 1.93. The van der Waals surface area contributed by atoms with Crippen molar-refractivity contribution in [3.8, 4) is 11.7 Å². The maximum Gasteiger partial charge on any atom is 0.290 e. The van der Waals surface area contributed by atoms with Crippen molar-refractivity contribution in [2.45, 2.75) is 6.54 Å². The highest BCUT2D eigenvalue weighted by atomic mass is 35.5. The van der Waals surface area contributed by atoms with E-state index in [0.717, 1.165) is 11.1 Å². The molecule has 0 unspecified atom stereocenters. The quantitative estimate of drug-likeness (QED) is 0.783. The molecule has 1 aromatic heterocycles. The van der Waals surface area contributed by atoms with Crippen molar-refractivity contribution in [1.82, 2.24) is 0 Å². The van der Waals surface area contributed by atoms with Crippen molar-refractivity contribution in [3.05, 3.63) is 60.4 Å². The number of furan rings is 1. The molecule has 0 aliphatic rings. The monoisotopic (exact) mass is 275 g/mol. The van der Waals surface area contributed by atoms with Gasteiger partial charge in [-0.1, -0.05) is 30.3 Å². The Balaban J connectivity index is 0.00000133. The normalized spacial score (nSPS) is 10.2. The highest BCUT2D eigenvalue weighted by Gasteiger charge is 2.03. The number of nitrogens with two attached hydrogens (primary N) is 1. The predicted molar refractivity (Wildman–Crippen MR) is 77.9 cm³/mol. The second-order valence-electron chi connectivity index (χ2n) is 4.04. The third-order valence-electron chi connectivity index (χ3n) is 2.78. The Labute approximate surface area is 117 Å². The first kappa shape index (κ1) is 13.5. The van der Waals surface area contributed by atoms with Crippen LogP contribution in [0.15, 0.2) is 59.0 Å². The highest BCUT2D eigenvalue weighted by Crippen LogP contribution is 2.26. The van der Waals surface area contributed by atoms with Gasteiger partial charge in [0.25, 0.3) is 5.95 Å². The van der Waals surface area contributed by atoms with Crippen LogP contribution in [0.2, 0.25) is 0 Å². The van der Waals surface area contributed by atoms with E-state index in [1.807, 2.05) is 36.4 Å². The molecule has 0 aliphatic heterocycles. The van der Waals surface area contributed by atoms with E-state index in [1.165, 1.54) is 5.39 Å². The van der Waals surface area contributed by atoms with Crippen LogP contribution in [-0.4, -0.2) is 0 Å². The minimum Gasteiger partial charge on any atom is -0.429 e. The molecule has 2 N–H and O–H groups in total. The lowest BCUT2D eigenvalue weighted by Crippen LogP contribution is -1.92. The Bertz CT molecular complexity index is 678. The molecule has 4 heteroatoms. The van der Waals surface area contributed by atoms with E-state index in [9.17, 15) is 0 Å². The SMILES string of the molecule is Cl.NCc1ccc(Oc2ccc3ccccc3c2)o1. The summed E-state index contributed by atoms with van der Waals surface area (Å²) in [6.07, 6.45) is 0. The molecule has 3 aromatic rings. The Morgan fingerprint density at radius 1 is 0.947 bits per heavy atom. The fraction of sp³-hybridized carbons (Fsp3) is 0.0667. The van der Waals surface area contributed by atoms with Gasteiger partial charge in [-0.15, -0.1) is 12.4 Å². The molecule has 98 valence electrons. The van der Waals surface area contributed by atoms with Gasteiger partial charge in [0.05, 0.1) is 6.54 Å². The Morgan fingerprint density at radius 2 is 1.74 bits per heavy atom.